The number of para-hydroxylation sites is 1. The number of hydrogen-bond donors (Lipinski definition) is 1. The van der Waals surface area contributed by atoms with Gasteiger partial charge in [0.1, 0.15) is 11.8 Å². The largest absolute Gasteiger partial charge is 0.350 e. The average Bonchev–Trinajstić information content (AvgIpc) is 3.40. The van der Waals surface area contributed by atoms with Crippen molar-refractivity contribution >= 4 is 33.1 Å². The Morgan fingerprint density at radius 2 is 2.16 bits per heavy atom. The molecule has 31 heavy (non-hydrogen) atoms. The summed E-state index contributed by atoms with van der Waals surface area (Å²) < 4.78 is 2.22. The van der Waals surface area contributed by atoms with Gasteiger partial charge in [0.15, 0.2) is 5.13 Å². The van der Waals surface area contributed by atoms with Gasteiger partial charge < -0.3 is 9.88 Å². The molecule has 0 unspecified atom stereocenters. The summed E-state index contributed by atoms with van der Waals surface area (Å²) in [7, 11) is 2.12. The minimum atomic E-state index is 0.416. The number of benzene rings is 1. The highest BCUT2D eigenvalue weighted by Crippen LogP contribution is 2.32. The molecular formula is C24H24N6S. The van der Waals surface area contributed by atoms with E-state index in [1.54, 1.807) is 23.6 Å². The van der Waals surface area contributed by atoms with Crippen molar-refractivity contribution < 1.29 is 0 Å². The number of thiazole rings is 1. The van der Waals surface area contributed by atoms with E-state index < -0.39 is 0 Å². The highest BCUT2D eigenvalue weighted by Gasteiger charge is 2.24. The number of fused-ring (bicyclic) bond motifs is 1. The van der Waals surface area contributed by atoms with E-state index in [1.165, 1.54) is 29.3 Å². The van der Waals surface area contributed by atoms with Crippen LogP contribution in [0.1, 0.15) is 35.7 Å². The molecule has 4 heterocycles. The number of likely N-dealkylation sites (tertiary alicyclic amines) is 1. The van der Waals surface area contributed by atoms with Gasteiger partial charge in [-0.1, -0.05) is 18.2 Å². The number of nitriles is 1. The van der Waals surface area contributed by atoms with Crippen molar-refractivity contribution in [2.24, 2.45) is 7.05 Å². The molecule has 4 aromatic rings. The quantitative estimate of drug-likeness (QED) is 0.483. The molecule has 5 rings (SSSR count). The van der Waals surface area contributed by atoms with E-state index in [-0.39, 0.29) is 0 Å². The monoisotopic (exact) mass is 428 g/mol. The Bertz CT molecular complexity index is 1230. The molecule has 0 bridgehead atoms. The van der Waals surface area contributed by atoms with Gasteiger partial charge in [-0.15, -0.1) is 11.3 Å². The lowest BCUT2D eigenvalue weighted by atomic mass is 9.95. The van der Waals surface area contributed by atoms with Crippen molar-refractivity contribution in [2.45, 2.75) is 25.3 Å². The Morgan fingerprint density at radius 1 is 1.26 bits per heavy atom. The zero-order valence-corrected chi connectivity index (χ0v) is 18.3. The third-order valence-corrected chi connectivity index (χ3v) is 6.72. The first kappa shape index (κ1) is 19.7. The fourth-order valence-corrected chi connectivity index (χ4v) is 5.23. The topological polar surface area (TPSA) is 69.8 Å². The molecule has 1 aliphatic rings. The Hall–Kier alpha value is -3.21. The molecule has 0 aliphatic carbocycles. The van der Waals surface area contributed by atoms with E-state index in [0.29, 0.717) is 11.6 Å². The molecule has 1 N–H and O–H groups in total. The molecule has 1 aliphatic heterocycles. The first-order valence-electron chi connectivity index (χ1n) is 10.5. The van der Waals surface area contributed by atoms with Crippen LogP contribution in [0.5, 0.6) is 0 Å². The summed E-state index contributed by atoms with van der Waals surface area (Å²) in [6.45, 7) is 3.14. The first-order chi connectivity index (χ1) is 15.2. The lowest BCUT2D eigenvalue weighted by Crippen LogP contribution is -2.34. The lowest BCUT2D eigenvalue weighted by Gasteiger charge is -2.31. The third-order valence-electron chi connectivity index (χ3n) is 5.95. The van der Waals surface area contributed by atoms with E-state index in [0.717, 1.165) is 36.1 Å². The highest BCUT2D eigenvalue weighted by atomic mass is 32.1. The summed E-state index contributed by atoms with van der Waals surface area (Å²) in [5.41, 5.74) is 5.11. The fraction of sp³-hybridized carbons (Fsp3) is 0.292. The SMILES string of the molecule is Cn1cc(CN2CCC[C@H](c3csc(Nc4ccc(C#N)nc4)n3)C2)c2ccccc21. The van der Waals surface area contributed by atoms with Gasteiger partial charge in [0, 0.05) is 48.5 Å². The normalized spacial score (nSPS) is 17.0. The number of anilines is 2. The van der Waals surface area contributed by atoms with E-state index in [9.17, 15) is 0 Å². The van der Waals surface area contributed by atoms with E-state index in [1.807, 2.05) is 12.1 Å². The molecule has 0 saturated carbocycles. The van der Waals surface area contributed by atoms with Crippen molar-refractivity contribution in [1.29, 1.82) is 5.26 Å². The van der Waals surface area contributed by atoms with Crippen LogP contribution in [0.2, 0.25) is 0 Å². The van der Waals surface area contributed by atoms with Crippen LogP contribution in [-0.2, 0) is 13.6 Å². The Kier molecular flexibility index (Phi) is 5.41. The number of rotatable bonds is 5. The summed E-state index contributed by atoms with van der Waals surface area (Å²) in [5.74, 6) is 0.453. The smallest absolute Gasteiger partial charge is 0.187 e. The average molecular weight is 429 g/mol. The predicted molar refractivity (Wildman–Crippen MR) is 125 cm³/mol. The van der Waals surface area contributed by atoms with E-state index >= 15 is 0 Å². The molecule has 1 atom stereocenters. The summed E-state index contributed by atoms with van der Waals surface area (Å²) >= 11 is 1.62. The zero-order chi connectivity index (χ0) is 21.2. The summed E-state index contributed by atoms with van der Waals surface area (Å²) in [5, 5.41) is 16.6. The molecule has 1 saturated heterocycles. The van der Waals surface area contributed by atoms with Crippen LogP contribution < -0.4 is 5.32 Å². The maximum absolute atomic E-state index is 8.89. The van der Waals surface area contributed by atoms with Crippen molar-refractivity contribution in [2.75, 3.05) is 18.4 Å². The predicted octanol–water partition coefficient (Wildman–Crippen LogP) is 5.02. The lowest BCUT2D eigenvalue weighted by molar-refractivity contribution is 0.199. The van der Waals surface area contributed by atoms with Crippen LogP contribution in [0.4, 0.5) is 10.8 Å². The number of piperidine rings is 1. The van der Waals surface area contributed by atoms with Gasteiger partial charge in [0.2, 0.25) is 0 Å². The second-order valence-electron chi connectivity index (χ2n) is 8.10. The van der Waals surface area contributed by atoms with Gasteiger partial charge in [0.25, 0.3) is 0 Å². The number of pyridine rings is 1. The maximum Gasteiger partial charge on any atom is 0.187 e. The molecule has 3 aromatic heterocycles. The molecular weight excluding hydrogens is 404 g/mol. The van der Waals surface area contributed by atoms with Crippen LogP contribution in [0.25, 0.3) is 10.9 Å². The third kappa shape index (κ3) is 4.18. The second kappa shape index (κ2) is 8.50. The Balaban J connectivity index is 1.26. The van der Waals surface area contributed by atoms with Crippen LogP contribution in [0.15, 0.2) is 54.2 Å². The number of nitrogens with zero attached hydrogens (tertiary/aromatic N) is 5. The minimum absolute atomic E-state index is 0.416. The van der Waals surface area contributed by atoms with E-state index in [2.05, 4.69) is 62.7 Å². The van der Waals surface area contributed by atoms with Crippen LogP contribution in [0, 0.1) is 11.3 Å². The standard InChI is InChI=1S/C24H24N6S/c1-29-13-18(21-6-2-3-7-23(21)29)15-30-10-4-5-17(14-30)22-16-31-24(28-22)27-20-9-8-19(11-25)26-12-20/h2-3,6-9,12-13,16-17H,4-5,10,14-15H2,1H3,(H,27,28)/t17-/m0/s1. The number of nitrogens with one attached hydrogen (secondary N) is 1. The van der Waals surface area contributed by atoms with Gasteiger partial charge in [-0.05, 0) is 43.1 Å². The van der Waals surface area contributed by atoms with Gasteiger partial charge in [-0.2, -0.15) is 5.26 Å². The van der Waals surface area contributed by atoms with Crippen LogP contribution in [-0.4, -0.2) is 32.5 Å². The summed E-state index contributed by atoms with van der Waals surface area (Å²) in [6.07, 6.45) is 6.31. The van der Waals surface area contributed by atoms with Gasteiger partial charge >= 0.3 is 0 Å². The molecule has 6 nitrogen and oxygen atoms in total. The zero-order valence-electron chi connectivity index (χ0n) is 17.5. The van der Waals surface area contributed by atoms with Crippen LogP contribution >= 0.6 is 11.3 Å². The molecule has 7 heteroatoms. The van der Waals surface area contributed by atoms with Gasteiger partial charge in [-0.3, -0.25) is 4.90 Å². The minimum Gasteiger partial charge on any atom is -0.350 e. The molecule has 1 fully saturated rings. The van der Waals surface area contributed by atoms with Gasteiger partial charge in [0.05, 0.1) is 17.6 Å². The number of aryl methyl sites for hydroxylation is 1. The highest BCUT2D eigenvalue weighted by molar-refractivity contribution is 7.13. The number of aromatic nitrogens is 3. The molecule has 0 radical (unpaired) electrons. The molecule has 0 spiro atoms. The first-order valence-corrected chi connectivity index (χ1v) is 11.4. The summed E-state index contributed by atoms with van der Waals surface area (Å²) in [6, 6.07) is 14.2. The Labute approximate surface area is 185 Å². The van der Waals surface area contributed by atoms with E-state index in [4.69, 9.17) is 10.2 Å². The Morgan fingerprint density at radius 3 is 3.00 bits per heavy atom. The van der Waals surface area contributed by atoms with Crippen LogP contribution in [0.3, 0.4) is 0 Å². The van der Waals surface area contributed by atoms with Crippen molar-refractivity contribution in [3.8, 4) is 6.07 Å². The molecule has 1 aromatic carbocycles. The summed E-state index contributed by atoms with van der Waals surface area (Å²) in [4.78, 5) is 11.5. The maximum atomic E-state index is 8.89. The fourth-order valence-electron chi connectivity index (χ4n) is 4.42. The van der Waals surface area contributed by atoms with Gasteiger partial charge in [-0.25, -0.2) is 9.97 Å². The van der Waals surface area contributed by atoms with Crippen molar-refractivity contribution in [1.82, 2.24) is 19.4 Å². The second-order valence-corrected chi connectivity index (χ2v) is 8.96. The van der Waals surface area contributed by atoms with Crippen molar-refractivity contribution in [3.63, 3.8) is 0 Å². The molecule has 0 amide bonds. The molecule has 156 valence electrons. The number of hydrogen-bond acceptors (Lipinski definition) is 6. The van der Waals surface area contributed by atoms with Crippen molar-refractivity contribution in [3.05, 3.63) is 71.1 Å².